The Bertz CT molecular complexity index is 23.1. The first-order valence-corrected chi connectivity index (χ1v) is 2.22. The van der Waals surface area contributed by atoms with Gasteiger partial charge in [-0.25, -0.2) is 0 Å². The summed E-state index contributed by atoms with van der Waals surface area (Å²) < 4.78 is 4.65. The van der Waals surface area contributed by atoms with E-state index in [2.05, 4.69) is 18.8 Å². The van der Waals surface area contributed by atoms with Gasteiger partial charge in [0.25, 0.3) is 0 Å². The van der Waals surface area contributed by atoms with Crippen LogP contribution < -0.4 is 0 Å². The smallest absolute Gasteiger partial charge is 0.0704 e. The molecule has 0 fully saturated rings. The van der Waals surface area contributed by atoms with Crippen molar-refractivity contribution in [3.8, 4) is 0 Å². The third kappa shape index (κ3) is 2.21. The summed E-state index contributed by atoms with van der Waals surface area (Å²) in [7, 11) is 3.26. The van der Waals surface area contributed by atoms with Gasteiger partial charge in [0.15, 0.2) is 0 Å². The molecule has 0 aromatic heterocycles. The molecule has 0 aliphatic heterocycles. The lowest BCUT2D eigenvalue weighted by molar-refractivity contribution is 0.151. The van der Waals surface area contributed by atoms with Crippen LogP contribution in [0.2, 0.25) is 0 Å². The van der Waals surface area contributed by atoms with Crippen LogP contribution in [0.15, 0.2) is 0 Å². The molecule has 0 aliphatic carbocycles. The van der Waals surface area contributed by atoms with Crippen molar-refractivity contribution in [2.45, 2.75) is 26.4 Å². The molecule has 37 valence electrons. The summed E-state index contributed by atoms with van der Waals surface area (Å²) in [5, 5.41) is 0. The minimum Gasteiger partial charge on any atom is -0.376 e. The van der Waals surface area contributed by atoms with E-state index in [4.69, 9.17) is 0 Å². The standard InChI is InChI=1S/C5H11O/c1-4-5(2)6-3/h5H,3-4H2,1-2H3/t5-/m1/s1. The van der Waals surface area contributed by atoms with Gasteiger partial charge in [0, 0.05) is 0 Å². The zero-order valence-corrected chi connectivity index (χ0v) is 4.40. The first-order chi connectivity index (χ1) is 2.81. The van der Waals surface area contributed by atoms with Crippen LogP contribution in [-0.2, 0) is 4.74 Å². The normalized spacial score (nSPS) is 14.5. The van der Waals surface area contributed by atoms with Crippen LogP contribution in [0.1, 0.15) is 20.3 Å². The van der Waals surface area contributed by atoms with E-state index in [0.717, 1.165) is 6.42 Å². The van der Waals surface area contributed by atoms with Crippen molar-refractivity contribution in [1.29, 1.82) is 0 Å². The molecule has 1 heteroatoms. The molecule has 1 nitrogen and oxygen atoms in total. The summed E-state index contributed by atoms with van der Waals surface area (Å²) in [6.07, 6.45) is 1.37. The molecule has 6 heavy (non-hydrogen) atoms. The van der Waals surface area contributed by atoms with Crippen LogP contribution in [0.3, 0.4) is 0 Å². The van der Waals surface area contributed by atoms with Gasteiger partial charge in [-0.3, -0.25) is 0 Å². The zero-order chi connectivity index (χ0) is 4.99. The van der Waals surface area contributed by atoms with E-state index in [1.54, 1.807) is 0 Å². The second-order valence-electron chi connectivity index (χ2n) is 1.39. The van der Waals surface area contributed by atoms with Crippen molar-refractivity contribution >= 4 is 0 Å². The van der Waals surface area contributed by atoms with E-state index in [1.165, 1.54) is 0 Å². The van der Waals surface area contributed by atoms with E-state index < -0.39 is 0 Å². The van der Waals surface area contributed by atoms with Gasteiger partial charge >= 0.3 is 0 Å². The topological polar surface area (TPSA) is 9.23 Å². The van der Waals surface area contributed by atoms with Crippen molar-refractivity contribution in [3.63, 3.8) is 0 Å². The van der Waals surface area contributed by atoms with Crippen LogP contribution in [0.25, 0.3) is 0 Å². The fourth-order valence-electron chi connectivity index (χ4n) is 0.118. The van der Waals surface area contributed by atoms with E-state index in [1.807, 2.05) is 6.92 Å². The summed E-state index contributed by atoms with van der Waals surface area (Å²) in [5.41, 5.74) is 0. The molecule has 0 N–H and O–H groups in total. The van der Waals surface area contributed by atoms with Crippen molar-refractivity contribution in [2.75, 3.05) is 0 Å². The minimum absolute atomic E-state index is 0.324. The van der Waals surface area contributed by atoms with Crippen LogP contribution >= 0.6 is 0 Å². The van der Waals surface area contributed by atoms with Gasteiger partial charge in [-0.2, -0.15) is 0 Å². The second kappa shape index (κ2) is 3.16. The van der Waals surface area contributed by atoms with Gasteiger partial charge in [0.1, 0.15) is 0 Å². The molecule has 0 aromatic carbocycles. The molecule has 1 atom stereocenters. The molecule has 0 amide bonds. The van der Waals surface area contributed by atoms with E-state index in [9.17, 15) is 0 Å². The Morgan fingerprint density at radius 1 is 1.83 bits per heavy atom. The van der Waals surface area contributed by atoms with Crippen molar-refractivity contribution in [2.24, 2.45) is 0 Å². The monoisotopic (exact) mass is 87.1 g/mol. The fraction of sp³-hybridized carbons (Fsp3) is 0.800. The molecule has 0 aromatic rings. The number of rotatable bonds is 2. The Morgan fingerprint density at radius 2 is 2.33 bits per heavy atom. The highest BCUT2D eigenvalue weighted by atomic mass is 16.5. The van der Waals surface area contributed by atoms with Crippen LogP contribution in [0.4, 0.5) is 0 Å². The van der Waals surface area contributed by atoms with Gasteiger partial charge in [-0.05, 0) is 13.3 Å². The lowest BCUT2D eigenvalue weighted by Crippen LogP contribution is -1.98. The molecule has 0 rings (SSSR count). The highest BCUT2D eigenvalue weighted by Crippen LogP contribution is 1.91. The summed E-state index contributed by atoms with van der Waals surface area (Å²) in [5.74, 6) is 0. The predicted octanol–water partition coefficient (Wildman–Crippen LogP) is 1.59. The third-order valence-electron chi connectivity index (χ3n) is 0.859. The third-order valence-corrected chi connectivity index (χ3v) is 0.859. The number of ether oxygens (including phenoxy) is 1. The molecule has 1 radical (unpaired) electrons. The largest absolute Gasteiger partial charge is 0.376 e. The molecule has 0 aliphatic rings. The van der Waals surface area contributed by atoms with Gasteiger partial charge in [-0.1, -0.05) is 6.92 Å². The van der Waals surface area contributed by atoms with Gasteiger partial charge in [0.05, 0.1) is 13.2 Å². The first-order valence-electron chi connectivity index (χ1n) is 2.22. The Balaban J connectivity index is 2.75. The predicted molar refractivity (Wildman–Crippen MR) is 26.2 cm³/mol. The maximum Gasteiger partial charge on any atom is 0.0704 e. The zero-order valence-electron chi connectivity index (χ0n) is 4.40. The molecular formula is C5H11O. The quantitative estimate of drug-likeness (QED) is 0.497. The highest BCUT2D eigenvalue weighted by Gasteiger charge is 1.88. The van der Waals surface area contributed by atoms with Gasteiger partial charge in [-0.15, -0.1) is 0 Å². The van der Waals surface area contributed by atoms with Crippen molar-refractivity contribution in [1.82, 2.24) is 0 Å². The second-order valence-corrected chi connectivity index (χ2v) is 1.39. The lowest BCUT2D eigenvalue weighted by Gasteiger charge is -2.01. The summed E-state index contributed by atoms with van der Waals surface area (Å²) in [6.45, 7) is 4.06. The summed E-state index contributed by atoms with van der Waals surface area (Å²) in [4.78, 5) is 0. The van der Waals surface area contributed by atoms with Gasteiger partial charge in [0.2, 0.25) is 0 Å². The average Bonchev–Trinajstić information content (AvgIpc) is 1.65. The average molecular weight is 87.1 g/mol. The summed E-state index contributed by atoms with van der Waals surface area (Å²) in [6, 6.07) is 0. The lowest BCUT2D eigenvalue weighted by atomic mass is 10.3. The molecule has 0 saturated heterocycles. The van der Waals surface area contributed by atoms with Crippen LogP contribution in [0.5, 0.6) is 0 Å². The molecule has 0 saturated carbocycles. The van der Waals surface area contributed by atoms with E-state index >= 15 is 0 Å². The van der Waals surface area contributed by atoms with Crippen molar-refractivity contribution in [3.05, 3.63) is 7.11 Å². The Hall–Kier alpha value is -0.0400. The number of hydrogen-bond donors (Lipinski definition) is 0. The van der Waals surface area contributed by atoms with E-state index in [-0.39, 0.29) is 0 Å². The maximum atomic E-state index is 4.65. The molecule has 0 heterocycles. The summed E-state index contributed by atoms with van der Waals surface area (Å²) >= 11 is 0. The minimum atomic E-state index is 0.324. The Morgan fingerprint density at radius 3 is 2.33 bits per heavy atom. The van der Waals surface area contributed by atoms with Crippen LogP contribution in [-0.4, -0.2) is 6.10 Å². The molecular weight excluding hydrogens is 76.1 g/mol. The Labute approximate surface area is 39.3 Å². The fourth-order valence-corrected chi connectivity index (χ4v) is 0.118. The van der Waals surface area contributed by atoms with E-state index in [0.29, 0.717) is 6.10 Å². The SMILES string of the molecule is [CH2]O[C@H](C)CC. The Kier molecular flexibility index (Phi) is 3.14. The molecule has 0 spiro atoms. The number of hydrogen-bond acceptors (Lipinski definition) is 1. The molecule has 0 unspecified atom stereocenters. The molecule has 0 bridgehead atoms. The van der Waals surface area contributed by atoms with Crippen LogP contribution in [0, 0.1) is 7.11 Å². The first kappa shape index (κ1) is 5.96. The van der Waals surface area contributed by atoms with Gasteiger partial charge < -0.3 is 4.74 Å². The highest BCUT2D eigenvalue weighted by molar-refractivity contribution is 4.40. The van der Waals surface area contributed by atoms with Crippen molar-refractivity contribution < 1.29 is 4.74 Å². The maximum absolute atomic E-state index is 4.65.